The predicted octanol–water partition coefficient (Wildman–Crippen LogP) is -1.19. The van der Waals surface area contributed by atoms with Crippen LogP contribution in [-0.4, -0.2) is 59.3 Å². The zero-order chi connectivity index (χ0) is 13.3. The van der Waals surface area contributed by atoms with Gasteiger partial charge in [0.1, 0.15) is 4.88 Å². The lowest BCUT2D eigenvalue weighted by atomic mass is 10.3. The van der Waals surface area contributed by atoms with Gasteiger partial charge in [-0.2, -0.15) is 12.7 Å². The van der Waals surface area contributed by atoms with Crippen molar-refractivity contribution in [3.63, 3.8) is 0 Å². The number of hydrogen-bond donors (Lipinski definition) is 1. The van der Waals surface area contributed by atoms with E-state index in [-0.39, 0.29) is 19.0 Å². The first-order chi connectivity index (χ1) is 8.39. The van der Waals surface area contributed by atoms with Gasteiger partial charge in [0, 0.05) is 26.2 Å². The largest absolute Gasteiger partial charge is 0.335 e. The average molecular weight is 291 g/mol. The molecule has 0 radical (unpaired) electrons. The second-order valence-electron chi connectivity index (χ2n) is 3.92. The standard InChI is InChI=1S/C8H13N5O3S2/c1-6-7(17-11-10-6)8(14)12-2-4-13(5-3-12)18(9,15)16/h2-5H2,1H3,(H2,9,15,16). The minimum atomic E-state index is -3.66. The van der Waals surface area contributed by atoms with Crippen LogP contribution in [0.1, 0.15) is 15.4 Å². The number of carbonyl (C=O) groups is 1. The molecule has 0 spiro atoms. The van der Waals surface area contributed by atoms with Crippen molar-refractivity contribution >= 4 is 27.6 Å². The van der Waals surface area contributed by atoms with E-state index < -0.39 is 10.2 Å². The Labute approximate surface area is 109 Å². The van der Waals surface area contributed by atoms with E-state index >= 15 is 0 Å². The summed E-state index contributed by atoms with van der Waals surface area (Å²) in [5.74, 6) is -0.156. The molecule has 0 bridgehead atoms. The molecule has 1 aromatic rings. The van der Waals surface area contributed by atoms with Gasteiger partial charge in [-0.3, -0.25) is 4.79 Å². The maximum atomic E-state index is 12.1. The number of hydrogen-bond acceptors (Lipinski definition) is 6. The van der Waals surface area contributed by atoms with E-state index in [1.807, 2.05) is 0 Å². The van der Waals surface area contributed by atoms with Crippen molar-refractivity contribution in [3.8, 4) is 0 Å². The van der Waals surface area contributed by atoms with Crippen LogP contribution in [0.3, 0.4) is 0 Å². The molecule has 0 aliphatic carbocycles. The highest BCUT2D eigenvalue weighted by Crippen LogP contribution is 2.14. The summed E-state index contributed by atoms with van der Waals surface area (Å²) in [4.78, 5) is 14.2. The molecule has 0 atom stereocenters. The molecule has 8 nitrogen and oxygen atoms in total. The van der Waals surface area contributed by atoms with E-state index in [1.54, 1.807) is 11.8 Å². The Kier molecular flexibility index (Phi) is 3.61. The van der Waals surface area contributed by atoms with Gasteiger partial charge in [-0.25, -0.2) is 5.14 Å². The zero-order valence-electron chi connectivity index (χ0n) is 9.74. The summed E-state index contributed by atoms with van der Waals surface area (Å²) in [7, 11) is -3.66. The molecule has 18 heavy (non-hydrogen) atoms. The minimum Gasteiger partial charge on any atom is -0.335 e. The highest BCUT2D eigenvalue weighted by Gasteiger charge is 2.28. The Morgan fingerprint density at radius 1 is 1.33 bits per heavy atom. The molecule has 0 aromatic carbocycles. The lowest BCUT2D eigenvalue weighted by molar-refractivity contribution is 0.0702. The molecule has 1 aliphatic heterocycles. The third-order valence-corrected chi connectivity index (χ3v) is 4.63. The molecule has 2 rings (SSSR count). The number of aryl methyl sites for hydroxylation is 1. The van der Waals surface area contributed by atoms with Crippen LogP contribution in [0.2, 0.25) is 0 Å². The topological polar surface area (TPSA) is 109 Å². The molecule has 1 aliphatic rings. The van der Waals surface area contributed by atoms with Gasteiger partial charge in [0.25, 0.3) is 16.1 Å². The first kappa shape index (κ1) is 13.3. The molecule has 0 unspecified atom stereocenters. The minimum absolute atomic E-state index is 0.156. The summed E-state index contributed by atoms with van der Waals surface area (Å²) in [6.07, 6.45) is 0. The molecular weight excluding hydrogens is 278 g/mol. The highest BCUT2D eigenvalue weighted by atomic mass is 32.2. The molecule has 0 saturated carbocycles. The molecule has 1 fully saturated rings. The monoisotopic (exact) mass is 291 g/mol. The SMILES string of the molecule is Cc1nnsc1C(=O)N1CCN(S(N)(=O)=O)CC1. The van der Waals surface area contributed by atoms with Gasteiger partial charge in [-0.15, -0.1) is 5.10 Å². The third kappa shape index (κ3) is 2.66. The molecule has 1 amide bonds. The maximum Gasteiger partial charge on any atom is 0.277 e. The van der Waals surface area contributed by atoms with Crippen LogP contribution in [-0.2, 0) is 10.2 Å². The number of nitrogens with zero attached hydrogens (tertiary/aromatic N) is 4. The lowest BCUT2D eigenvalue weighted by Crippen LogP contribution is -2.52. The van der Waals surface area contributed by atoms with Gasteiger partial charge in [0.05, 0.1) is 5.69 Å². The first-order valence-corrected chi connectivity index (χ1v) is 7.53. The second-order valence-corrected chi connectivity index (χ2v) is 6.22. The van der Waals surface area contributed by atoms with Gasteiger partial charge in [-0.1, -0.05) is 4.49 Å². The van der Waals surface area contributed by atoms with Crippen LogP contribution in [0.25, 0.3) is 0 Å². The van der Waals surface area contributed by atoms with E-state index in [0.29, 0.717) is 23.7 Å². The van der Waals surface area contributed by atoms with E-state index in [0.717, 1.165) is 15.8 Å². The fraction of sp³-hybridized carbons (Fsp3) is 0.625. The van der Waals surface area contributed by atoms with Crippen molar-refractivity contribution < 1.29 is 13.2 Å². The van der Waals surface area contributed by atoms with Crippen molar-refractivity contribution in [2.45, 2.75) is 6.92 Å². The highest BCUT2D eigenvalue weighted by molar-refractivity contribution is 7.86. The van der Waals surface area contributed by atoms with E-state index in [1.165, 1.54) is 0 Å². The fourth-order valence-corrected chi connectivity index (χ4v) is 3.01. The van der Waals surface area contributed by atoms with Crippen molar-refractivity contribution in [1.29, 1.82) is 0 Å². The Morgan fingerprint density at radius 3 is 2.39 bits per heavy atom. The number of carbonyl (C=O) groups excluding carboxylic acids is 1. The number of aromatic nitrogens is 2. The number of amides is 1. The van der Waals surface area contributed by atoms with E-state index in [4.69, 9.17) is 5.14 Å². The summed E-state index contributed by atoms with van der Waals surface area (Å²) in [6, 6.07) is 0. The Hall–Kier alpha value is -1.10. The summed E-state index contributed by atoms with van der Waals surface area (Å²) in [6.45, 7) is 2.81. The van der Waals surface area contributed by atoms with Gasteiger partial charge in [0.15, 0.2) is 0 Å². The van der Waals surface area contributed by atoms with Crippen molar-refractivity contribution in [2.75, 3.05) is 26.2 Å². The summed E-state index contributed by atoms with van der Waals surface area (Å²) >= 11 is 1.05. The smallest absolute Gasteiger partial charge is 0.277 e. The van der Waals surface area contributed by atoms with Crippen molar-refractivity contribution in [1.82, 2.24) is 18.8 Å². The lowest BCUT2D eigenvalue weighted by Gasteiger charge is -2.32. The van der Waals surface area contributed by atoms with Crippen LogP contribution >= 0.6 is 11.5 Å². The van der Waals surface area contributed by atoms with Crippen LogP contribution in [0.4, 0.5) is 0 Å². The Bertz CT molecular complexity index is 547. The van der Waals surface area contributed by atoms with Crippen LogP contribution in [0.15, 0.2) is 0 Å². The zero-order valence-corrected chi connectivity index (χ0v) is 11.4. The molecule has 1 aromatic heterocycles. The van der Waals surface area contributed by atoms with Gasteiger partial charge < -0.3 is 4.90 Å². The second kappa shape index (κ2) is 4.88. The van der Waals surface area contributed by atoms with Crippen LogP contribution in [0.5, 0.6) is 0 Å². The van der Waals surface area contributed by atoms with Gasteiger partial charge in [0.2, 0.25) is 0 Å². The average Bonchev–Trinajstić information content (AvgIpc) is 2.73. The van der Waals surface area contributed by atoms with Gasteiger partial charge in [-0.05, 0) is 18.5 Å². The summed E-state index contributed by atoms with van der Waals surface area (Å²) < 4.78 is 27.1. The quantitative estimate of drug-likeness (QED) is 0.736. The molecule has 1 saturated heterocycles. The summed E-state index contributed by atoms with van der Waals surface area (Å²) in [5, 5.41) is 8.81. The molecule has 10 heteroatoms. The first-order valence-electron chi connectivity index (χ1n) is 5.25. The third-order valence-electron chi connectivity index (χ3n) is 2.73. The fourth-order valence-electron chi connectivity index (χ4n) is 1.72. The Balaban J connectivity index is 2.03. The number of rotatable bonds is 2. The molecular formula is C8H13N5O3S2. The molecule has 100 valence electrons. The number of piperazine rings is 1. The van der Waals surface area contributed by atoms with Crippen molar-refractivity contribution in [3.05, 3.63) is 10.6 Å². The maximum absolute atomic E-state index is 12.1. The molecule has 2 N–H and O–H groups in total. The van der Waals surface area contributed by atoms with E-state index in [2.05, 4.69) is 9.59 Å². The van der Waals surface area contributed by atoms with Crippen LogP contribution < -0.4 is 5.14 Å². The van der Waals surface area contributed by atoms with Crippen molar-refractivity contribution in [2.24, 2.45) is 5.14 Å². The van der Waals surface area contributed by atoms with Crippen LogP contribution in [0, 0.1) is 6.92 Å². The molecule has 2 heterocycles. The normalized spacial score (nSPS) is 18.0. The van der Waals surface area contributed by atoms with E-state index in [9.17, 15) is 13.2 Å². The predicted molar refractivity (Wildman–Crippen MR) is 65.2 cm³/mol. The number of nitrogens with two attached hydrogens (primary N) is 1. The summed E-state index contributed by atoms with van der Waals surface area (Å²) in [5.41, 5.74) is 0.596. The van der Waals surface area contributed by atoms with Gasteiger partial charge >= 0.3 is 0 Å². The Morgan fingerprint density at radius 2 is 1.94 bits per heavy atom.